The van der Waals surface area contributed by atoms with Crippen LogP contribution in [0.4, 0.5) is 5.69 Å². The van der Waals surface area contributed by atoms with E-state index in [0.29, 0.717) is 10.6 Å². The Morgan fingerprint density at radius 3 is 2.24 bits per heavy atom. The van der Waals surface area contributed by atoms with E-state index in [4.69, 9.17) is 0 Å². The number of para-hydroxylation sites is 2. The van der Waals surface area contributed by atoms with Crippen LogP contribution in [0.25, 0.3) is 5.76 Å². The fourth-order valence-electron chi connectivity index (χ4n) is 4.05. The molecule has 168 valence electrons. The molecule has 2 heterocycles. The fourth-order valence-corrected chi connectivity index (χ4v) is 5.41. The SMILES string of the molecule is Cc1ccc(/C(O)=C2\C(=O)C(=O)N(c3ccccc3O)C23SC(c2ccccc2)=NC3=O)cc1. The van der Waals surface area contributed by atoms with Gasteiger partial charge >= 0.3 is 5.91 Å². The summed E-state index contributed by atoms with van der Waals surface area (Å²) in [7, 11) is 0. The van der Waals surface area contributed by atoms with Gasteiger partial charge < -0.3 is 10.2 Å². The van der Waals surface area contributed by atoms with Gasteiger partial charge in [-0.2, -0.15) is 0 Å². The van der Waals surface area contributed by atoms with E-state index in [-0.39, 0.29) is 22.6 Å². The lowest BCUT2D eigenvalue weighted by Gasteiger charge is -2.32. The van der Waals surface area contributed by atoms with Crippen molar-refractivity contribution < 1.29 is 24.6 Å². The molecule has 1 spiro atoms. The van der Waals surface area contributed by atoms with E-state index in [1.54, 1.807) is 60.7 Å². The molecular weight excluding hydrogens is 452 g/mol. The van der Waals surface area contributed by atoms with E-state index < -0.39 is 28.2 Å². The molecule has 2 aliphatic heterocycles. The summed E-state index contributed by atoms with van der Waals surface area (Å²) in [6, 6.07) is 21.5. The van der Waals surface area contributed by atoms with Crippen molar-refractivity contribution in [1.29, 1.82) is 0 Å². The number of hydrogen-bond acceptors (Lipinski definition) is 6. The second kappa shape index (κ2) is 8.00. The van der Waals surface area contributed by atoms with Gasteiger partial charge in [0, 0.05) is 11.1 Å². The molecule has 3 aromatic rings. The molecule has 34 heavy (non-hydrogen) atoms. The average molecular weight is 471 g/mol. The Morgan fingerprint density at radius 2 is 1.56 bits per heavy atom. The third kappa shape index (κ3) is 3.14. The molecule has 5 rings (SSSR count). The minimum Gasteiger partial charge on any atom is -0.507 e. The maximum absolute atomic E-state index is 13.6. The standard InChI is InChI=1S/C26H18N2O5S/c1-15-11-13-16(14-12-15)21(30)20-22(31)24(32)28(18-9-5-6-10-19(18)29)26(20)25(33)27-23(34-26)17-7-3-2-4-8-17/h2-14,29-30H,1H3/b21-20-. The molecule has 1 atom stereocenters. The Hall–Kier alpha value is -4.17. The van der Waals surface area contributed by atoms with Crippen LogP contribution in [0.15, 0.2) is 89.4 Å². The Kier molecular flexibility index (Phi) is 5.10. The number of benzene rings is 3. The number of carbonyl (C=O) groups excluding carboxylic acids is 3. The Bertz CT molecular complexity index is 1410. The molecule has 0 bridgehead atoms. The molecule has 1 unspecified atom stereocenters. The van der Waals surface area contributed by atoms with E-state index in [9.17, 15) is 24.6 Å². The van der Waals surface area contributed by atoms with Crippen LogP contribution in [-0.4, -0.2) is 37.7 Å². The van der Waals surface area contributed by atoms with E-state index >= 15 is 0 Å². The monoisotopic (exact) mass is 470 g/mol. The highest BCUT2D eigenvalue weighted by molar-refractivity contribution is 8.17. The van der Waals surface area contributed by atoms with E-state index in [2.05, 4.69) is 4.99 Å². The van der Waals surface area contributed by atoms with Gasteiger partial charge in [-0.05, 0) is 19.1 Å². The molecule has 0 saturated carbocycles. The Labute approximate surface area is 199 Å². The van der Waals surface area contributed by atoms with Crippen LogP contribution in [0.5, 0.6) is 5.75 Å². The van der Waals surface area contributed by atoms with Gasteiger partial charge in [-0.1, -0.05) is 84.1 Å². The second-order valence-electron chi connectivity index (χ2n) is 7.88. The van der Waals surface area contributed by atoms with Gasteiger partial charge in [-0.25, -0.2) is 4.99 Å². The maximum atomic E-state index is 13.6. The van der Waals surface area contributed by atoms with Gasteiger partial charge in [-0.15, -0.1) is 0 Å². The largest absolute Gasteiger partial charge is 0.507 e. The number of aliphatic hydroxyl groups excluding tert-OH is 1. The molecule has 7 nitrogen and oxygen atoms in total. The van der Waals surface area contributed by atoms with Crippen molar-refractivity contribution >= 4 is 45.8 Å². The first-order valence-electron chi connectivity index (χ1n) is 10.4. The molecule has 3 aromatic carbocycles. The molecule has 0 aliphatic carbocycles. The van der Waals surface area contributed by atoms with Gasteiger partial charge in [0.05, 0.1) is 11.3 Å². The number of hydrogen-bond donors (Lipinski definition) is 2. The summed E-state index contributed by atoms with van der Waals surface area (Å²) < 4.78 is 0. The molecule has 2 amide bonds. The van der Waals surface area contributed by atoms with Crippen LogP contribution >= 0.6 is 11.8 Å². The molecule has 1 saturated heterocycles. The number of aromatic hydroxyl groups is 1. The lowest BCUT2D eigenvalue weighted by atomic mass is 9.99. The summed E-state index contributed by atoms with van der Waals surface area (Å²) in [5.74, 6) is -3.65. The zero-order chi connectivity index (χ0) is 24.0. The predicted octanol–water partition coefficient (Wildman–Crippen LogP) is 4.00. The smallest absolute Gasteiger partial charge is 0.301 e. The van der Waals surface area contributed by atoms with Crippen molar-refractivity contribution in [1.82, 2.24) is 0 Å². The molecular formula is C26H18N2O5S. The normalized spacial score (nSPS) is 21.4. The number of anilines is 1. The number of Topliss-reactive ketones (excluding diaryl/α,β-unsaturated/α-hetero) is 1. The van der Waals surface area contributed by atoms with Crippen molar-refractivity contribution in [2.75, 3.05) is 4.90 Å². The summed E-state index contributed by atoms with van der Waals surface area (Å²) in [5.41, 5.74) is 1.42. The summed E-state index contributed by atoms with van der Waals surface area (Å²) in [6.45, 7) is 1.87. The first-order valence-corrected chi connectivity index (χ1v) is 11.2. The topological polar surface area (TPSA) is 107 Å². The van der Waals surface area contributed by atoms with Gasteiger partial charge in [-0.3, -0.25) is 19.3 Å². The van der Waals surface area contributed by atoms with E-state index in [0.717, 1.165) is 22.2 Å². The van der Waals surface area contributed by atoms with Gasteiger partial charge in [0.15, 0.2) is 0 Å². The minimum absolute atomic E-state index is 0.0297. The minimum atomic E-state index is -2.01. The van der Waals surface area contributed by atoms with Crippen LogP contribution < -0.4 is 4.90 Å². The van der Waals surface area contributed by atoms with Crippen molar-refractivity contribution in [2.45, 2.75) is 11.8 Å². The first-order chi connectivity index (χ1) is 16.3. The highest BCUT2D eigenvalue weighted by atomic mass is 32.2. The number of aliphatic imine (C=N–C) groups is 1. The number of carbonyl (C=O) groups is 3. The predicted molar refractivity (Wildman–Crippen MR) is 130 cm³/mol. The highest BCUT2D eigenvalue weighted by Gasteiger charge is 2.66. The number of nitrogens with zero attached hydrogens (tertiary/aromatic N) is 2. The maximum Gasteiger partial charge on any atom is 0.301 e. The summed E-state index contributed by atoms with van der Waals surface area (Å²) in [5, 5.41) is 22.0. The van der Waals surface area contributed by atoms with Gasteiger partial charge in [0.1, 0.15) is 16.6 Å². The van der Waals surface area contributed by atoms with Crippen molar-refractivity contribution in [2.24, 2.45) is 4.99 Å². The van der Waals surface area contributed by atoms with Crippen LogP contribution in [-0.2, 0) is 14.4 Å². The molecule has 0 aromatic heterocycles. The van der Waals surface area contributed by atoms with Crippen LogP contribution in [0.1, 0.15) is 16.7 Å². The number of ketones is 1. The zero-order valence-electron chi connectivity index (χ0n) is 17.9. The Balaban J connectivity index is 1.77. The summed E-state index contributed by atoms with van der Waals surface area (Å²) in [6.07, 6.45) is 0. The third-order valence-electron chi connectivity index (χ3n) is 5.72. The van der Waals surface area contributed by atoms with Crippen LogP contribution in [0.2, 0.25) is 0 Å². The third-order valence-corrected chi connectivity index (χ3v) is 7.10. The van der Waals surface area contributed by atoms with Crippen LogP contribution in [0.3, 0.4) is 0 Å². The molecule has 2 N–H and O–H groups in total. The van der Waals surface area contributed by atoms with Crippen molar-refractivity contribution in [3.8, 4) is 5.75 Å². The lowest BCUT2D eigenvalue weighted by molar-refractivity contribution is -0.132. The average Bonchev–Trinajstić information content (AvgIpc) is 3.29. The van der Waals surface area contributed by atoms with Gasteiger partial charge in [0.25, 0.3) is 11.7 Å². The van der Waals surface area contributed by atoms with Gasteiger partial charge in [0.2, 0.25) is 4.87 Å². The fraction of sp³-hybridized carbons (Fsp3) is 0.0769. The number of phenolic OH excluding ortho intramolecular Hbond substituents is 1. The lowest BCUT2D eigenvalue weighted by Crippen LogP contribution is -2.48. The van der Waals surface area contributed by atoms with E-state index in [1.165, 1.54) is 12.1 Å². The Morgan fingerprint density at radius 1 is 0.912 bits per heavy atom. The number of amides is 2. The number of rotatable bonds is 3. The molecule has 1 fully saturated rings. The van der Waals surface area contributed by atoms with Crippen molar-refractivity contribution in [3.05, 3.63) is 101 Å². The first kappa shape index (κ1) is 21.7. The number of phenols is 1. The summed E-state index contributed by atoms with van der Waals surface area (Å²) >= 11 is 0.891. The second-order valence-corrected chi connectivity index (χ2v) is 9.06. The number of aliphatic hydroxyl groups is 1. The quantitative estimate of drug-likeness (QED) is 0.340. The highest BCUT2D eigenvalue weighted by Crippen LogP contribution is 2.53. The van der Waals surface area contributed by atoms with Crippen LogP contribution in [0, 0.1) is 6.92 Å². The van der Waals surface area contributed by atoms with Crippen molar-refractivity contribution in [3.63, 3.8) is 0 Å². The molecule has 0 radical (unpaired) electrons. The number of aryl methyl sites for hydroxylation is 1. The molecule has 2 aliphatic rings. The summed E-state index contributed by atoms with van der Waals surface area (Å²) in [4.78, 5) is 43.3. The number of thioether (sulfide) groups is 1. The molecule has 8 heteroatoms. The zero-order valence-corrected chi connectivity index (χ0v) is 18.7. The van der Waals surface area contributed by atoms with E-state index in [1.807, 2.05) is 13.0 Å².